The van der Waals surface area contributed by atoms with E-state index in [1.165, 1.54) is 12.1 Å². The van der Waals surface area contributed by atoms with Crippen LogP contribution >= 0.6 is 0 Å². The van der Waals surface area contributed by atoms with Gasteiger partial charge in [0.2, 0.25) is 0 Å². The zero-order chi connectivity index (χ0) is 28.2. The molecule has 0 aliphatic heterocycles. The van der Waals surface area contributed by atoms with Crippen LogP contribution in [0.25, 0.3) is 11.1 Å². The average molecular weight is 538 g/mol. The molecule has 39 heavy (non-hydrogen) atoms. The molecule has 1 aliphatic rings. The number of hydrogen-bond donors (Lipinski definition) is 3. The third kappa shape index (κ3) is 6.63. The Bertz CT molecular complexity index is 1340. The first kappa shape index (κ1) is 27.8. The second kappa shape index (κ2) is 11.7. The van der Waals surface area contributed by atoms with Gasteiger partial charge in [-0.05, 0) is 90.9 Å². The number of hydrogen-bond acceptors (Lipinski definition) is 4. The molecule has 1 fully saturated rings. The normalized spacial score (nSPS) is 14.6. The van der Waals surface area contributed by atoms with E-state index in [-0.39, 0.29) is 24.4 Å². The first-order chi connectivity index (χ1) is 18.6. The Morgan fingerprint density at radius 2 is 1.69 bits per heavy atom. The highest BCUT2D eigenvalue weighted by atomic mass is 19.4. The Balaban J connectivity index is 1.52. The van der Waals surface area contributed by atoms with Crippen LogP contribution in [-0.2, 0) is 6.18 Å². The van der Waals surface area contributed by atoms with Gasteiger partial charge in [0.15, 0.2) is 5.84 Å². The summed E-state index contributed by atoms with van der Waals surface area (Å²) in [6, 6.07) is 16.2. The summed E-state index contributed by atoms with van der Waals surface area (Å²) >= 11 is 0. The average Bonchev–Trinajstić information content (AvgIpc) is 2.85. The van der Waals surface area contributed by atoms with Gasteiger partial charge in [-0.3, -0.25) is 10.2 Å². The van der Waals surface area contributed by atoms with Crippen molar-refractivity contribution in [1.29, 1.82) is 5.41 Å². The molecule has 7 nitrogen and oxygen atoms in total. The zero-order valence-corrected chi connectivity index (χ0v) is 21.7. The largest absolute Gasteiger partial charge is 0.485 e. The molecule has 0 aromatic heterocycles. The standard InChI is InChI=1S/C29H30F3N5O2/c1-17-14-24(15-18(2)26(17)19-10-12-23(13-11-19)29(30,31)32)39-27(20-4-3-5-20)21-6-8-22(9-7-21)28(38)35-16-25(33)36-37-34/h6-15,20,27H,3-5,16H2,1-2H3,(H,35,38)(H3,33,34,36). The smallest absolute Gasteiger partial charge is 0.416 e. The molecule has 0 heterocycles. The summed E-state index contributed by atoms with van der Waals surface area (Å²) in [4.78, 5) is 12.4. The van der Waals surface area contributed by atoms with Crippen LogP contribution in [-0.4, -0.2) is 18.3 Å². The molecule has 0 bridgehead atoms. The highest BCUT2D eigenvalue weighted by molar-refractivity contribution is 5.96. The lowest BCUT2D eigenvalue weighted by atomic mass is 9.78. The summed E-state index contributed by atoms with van der Waals surface area (Å²) in [7, 11) is 0. The Morgan fingerprint density at radius 1 is 1.08 bits per heavy atom. The van der Waals surface area contributed by atoms with Crippen molar-refractivity contribution in [2.75, 3.05) is 6.54 Å². The lowest BCUT2D eigenvalue weighted by Gasteiger charge is -2.34. The number of amides is 1. The highest BCUT2D eigenvalue weighted by Gasteiger charge is 2.31. The second-order valence-electron chi connectivity index (χ2n) is 9.70. The number of amidine groups is 1. The molecule has 204 valence electrons. The van der Waals surface area contributed by atoms with Crippen LogP contribution in [0.2, 0.25) is 0 Å². The van der Waals surface area contributed by atoms with E-state index in [0.717, 1.165) is 59.2 Å². The Kier molecular flexibility index (Phi) is 8.32. The molecule has 4 rings (SSSR count). The molecule has 1 amide bonds. The number of benzene rings is 3. The summed E-state index contributed by atoms with van der Waals surface area (Å²) in [5.41, 5.74) is 4.13. The summed E-state index contributed by atoms with van der Waals surface area (Å²) in [5.74, 6) is 5.44. The number of nitrogens with one attached hydrogen (secondary N) is 2. The van der Waals surface area contributed by atoms with Gasteiger partial charge in [0.05, 0.1) is 12.1 Å². The molecule has 1 aliphatic carbocycles. The maximum absolute atomic E-state index is 13.0. The number of carbonyl (C=O) groups excluding carboxylic acids is 1. The predicted molar refractivity (Wildman–Crippen MR) is 143 cm³/mol. The highest BCUT2D eigenvalue weighted by Crippen LogP contribution is 2.42. The molecular weight excluding hydrogens is 507 g/mol. The molecule has 4 N–H and O–H groups in total. The second-order valence-corrected chi connectivity index (χ2v) is 9.70. The first-order valence-electron chi connectivity index (χ1n) is 12.6. The molecular formula is C29H30F3N5O2. The van der Waals surface area contributed by atoms with Crippen molar-refractivity contribution in [3.05, 3.63) is 88.5 Å². The number of nitrogens with two attached hydrogens (primary N) is 1. The number of ether oxygens (including phenoxy) is 1. The van der Waals surface area contributed by atoms with Crippen LogP contribution in [0.4, 0.5) is 13.2 Å². The van der Waals surface area contributed by atoms with Crippen LogP contribution in [0.1, 0.15) is 58.0 Å². The summed E-state index contributed by atoms with van der Waals surface area (Å²) in [6.45, 7) is 3.76. The van der Waals surface area contributed by atoms with Gasteiger partial charge in [0.25, 0.3) is 5.91 Å². The van der Waals surface area contributed by atoms with Gasteiger partial charge in [-0.1, -0.05) is 35.9 Å². The van der Waals surface area contributed by atoms with Crippen LogP contribution in [0.3, 0.4) is 0 Å². The maximum Gasteiger partial charge on any atom is 0.416 e. The number of halogens is 3. The molecule has 3 aromatic rings. The van der Waals surface area contributed by atoms with Crippen molar-refractivity contribution in [3.8, 4) is 16.9 Å². The quantitative estimate of drug-likeness (QED) is 0.0951. The first-order valence-corrected chi connectivity index (χ1v) is 12.6. The van der Waals surface area contributed by atoms with Gasteiger partial charge in [-0.15, -0.1) is 5.11 Å². The molecule has 1 atom stereocenters. The van der Waals surface area contributed by atoms with Crippen molar-refractivity contribution >= 4 is 11.7 Å². The van der Waals surface area contributed by atoms with Gasteiger partial charge < -0.3 is 15.9 Å². The van der Waals surface area contributed by atoms with Gasteiger partial charge in [0.1, 0.15) is 11.9 Å². The molecule has 0 radical (unpaired) electrons. The molecule has 10 heteroatoms. The van der Waals surface area contributed by atoms with Gasteiger partial charge >= 0.3 is 6.18 Å². The fourth-order valence-corrected chi connectivity index (χ4v) is 4.79. The SMILES string of the molecule is Cc1cc(OC(c2ccc(C(=O)NCC(=N)N=NN)cc2)C2CCC2)cc(C)c1-c1ccc(C(F)(F)F)cc1. The van der Waals surface area contributed by atoms with E-state index in [1.807, 2.05) is 38.1 Å². The topological polar surface area (TPSA) is 113 Å². The third-order valence-corrected chi connectivity index (χ3v) is 6.94. The maximum atomic E-state index is 13.0. The van der Waals surface area contributed by atoms with Crippen LogP contribution in [0, 0.1) is 25.2 Å². The van der Waals surface area contributed by atoms with E-state index >= 15 is 0 Å². The Morgan fingerprint density at radius 3 is 2.21 bits per heavy atom. The van der Waals surface area contributed by atoms with E-state index < -0.39 is 11.7 Å². The summed E-state index contributed by atoms with van der Waals surface area (Å²) in [5, 5.41) is 16.5. The van der Waals surface area contributed by atoms with Crippen molar-refractivity contribution in [1.82, 2.24) is 5.32 Å². The molecule has 0 saturated heterocycles. The Hall–Kier alpha value is -4.21. The van der Waals surface area contributed by atoms with E-state index in [9.17, 15) is 18.0 Å². The number of alkyl halides is 3. The van der Waals surface area contributed by atoms with Crippen molar-refractivity contribution < 1.29 is 22.7 Å². The van der Waals surface area contributed by atoms with E-state index in [1.54, 1.807) is 12.1 Å². The molecule has 1 unspecified atom stereocenters. The molecule has 1 saturated carbocycles. The van der Waals surface area contributed by atoms with Gasteiger partial charge in [0, 0.05) is 11.5 Å². The molecule has 0 spiro atoms. The monoisotopic (exact) mass is 537 g/mol. The number of carbonyl (C=O) groups is 1. The van der Waals surface area contributed by atoms with E-state index in [2.05, 4.69) is 15.7 Å². The fourth-order valence-electron chi connectivity index (χ4n) is 4.79. The minimum atomic E-state index is -4.37. The van der Waals surface area contributed by atoms with Crippen molar-refractivity contribution in [2.45, 2.75) is 45.4 Å². The zero-order valence-electron chi connectivity index (χ0n) is 21.7. The number of aryl methyl sites for hydroxylation is 2. The minimum absolute atomic E-state index is 0.0870. The lowest BCUT2D eigenvalue weighted by molar-refractivity contribution is -0.137. The third-order valence-electron chi connectivity index (χ3n) is 6.94. The number of nitrogens with zero attached hydrogens (tertiary/aromatic N) is 2. The van der Waals surface area contributed by atoms with Gasteiger partial charge in [-0.25, -0.2) is 0 Å². The van der Waals surface area contributed by atoms with Crippen LogP contribution < -0.4 is 15.9 Å². The minimum Gasteiger partial charge on any atom is -0.485 e. The van der Waals surface area contributed by atoms with Crippen LogP contribution in [0.15, 0.2) is 71.0 Å². The lowest BCUT2D eigenvalue weighted by Crippen LogP contribution is -2.28. The molecule has 3 aromatic carbocycles. The number of rotatable bonds is 8. The Labute approximate surface area is 224 Å². The predicted octanol–water partition coefficient (Wildman–Crippen LogP) is 6.94. The van der Waals surface area contributed by atoms with E-state index in [4.69, 9.17) is 16.0 Å². The van der Waals surface area contributed by atoms with E-state index in [0.29, 0.717) is 17.2 Å². The summed E-state index contributed by atoms with van der Waals surface area (Å²) < 4.78 is 45.5. The van der Waals surface area contributed by atoms with Crippen molar-refractivity contribution in [2.24, 2.45) is 22.1 Å². The van der Waals surface area contributed by atoms with Gasteiger partial charge in [-0.2, -0.15) is 13.2 Å². The van der Waals surface area contributed by atoms with Crippen molar-refractivity contribution in [3.63, 3.8) is 0 Å². The van der Waals surface area contributed by atoms with Crippen LogP contribution in [0.5, 0.6) is 5.75 Å². The summed E-state index contributed by atoms with van der Waals surface area (Å²) in [6.07, 6.45) is -1.38. The fraction of sp³-hybridized carbons (Fsp3) is 0.310.